The van der Waals surface area contributed by atoms with E-state index in [4.69, 9.17) is 0 Å². The molecule has 0 unspecified atom stereocenters. The number of hydrogen-bond donors (Lipinski definition) is 0. The van der Waals surface area contributed by atoms with Gasteiger partial charge in [-0.15, -0.1) is 0 Å². The average Bonchev–Trinajstić information content (AvgIpc) is 2.09. The van der Waals surface area contributed by atoms with Crippen molar-refractivity contribution < 1.29 is 0 Å². The van der Waals surface area contributed by atoms with Crippen LogP contribution in [-0.2, 0) is 0 Å². The second kappa shape index (κ2) is 3.91. The van der Waals surface area contributed by atoms with Crippen molar-refractivity contribution in [3.63, 3.8) is 0 Å². The topological polar surface area (TPSA) is 0 Å². The van der Waals surface area contributed by atoms with Crippen LogP contribution in [-0.4, -0.2) is 20.0 Å². The van der Waals surface area contributed by atoms with Gasteiger partial charge in [0.2, 0.25) is 0 Å². The minimum atomic E-state index is -1.21. The molecule has 0 aromatic heterocycles. The summed E-state index contributed by atoms with van der Waals surface area (Å²) in [6.07, 6.45) is 0. The molecular formula is C14H25P. The predicted octanol–water partition coefficient (Wildman–Crippen LogP) is 3.49. The molecule has 0 bridgehead atoms. The molecule has 0 atom stereocenters. The second-order valence-electron chi connectivity index (χ2n) is 5.75. The van der Waals surface area contributed by atoms with Crippen LogP contribution in [0, 0.1) is 34.6 Å². The molecule has 1 heteroatoms. The van der Waals surface area contributed by atoms with Crippen molar-refractivity contribution in [2.24, 2.45) is 0 Å². The van der Waals surface area contributed by atoms with Gasteiger partial charge < -0.3 is 0 Å². The summed E-state index contributed by atoms with van der Waals surface area (Å²) in [6, 6.07) is 0. The molecule has 1 rings (SSSR count). The molecule has 0 aliphatic carbocycles. The molecule has 1 aromatic carbocycles. The first-order chi connectivity index (χ1) is 6.68. The monoisotopic (exact) mass is 224 g/mol. The molecule has 0 N–H and O–H groups in total. The second-order valence-corrected chi connectivity index (χ2v) is 10.8. The molecule has 0 fully saturated rings. The van der Waals surface area contributed by atoms with E-state index in [0.29, 0.717) is 0 Å². The maximum absolute atomic E-state index is 2.44. The van der Waals surface area contributed by atoms with E-state index in [2.05, 4.69) is 54.6 Å². The van der Waals surface area contributed by atoms with E-state index in [1.54, 1.807) is 5.30 Å². The van der Waals surface area contributed by atoms with Gasteiger partial charge in [-0.3, -0.25) is 0 Å². The van der Waals surface area contributed by atoms with E-state index >= 15 is 0 Å². The Hall–Kier alpha value is -0.350. The van der Waals surface area contributed by atoms with Crippen LogP contribution in [0.1, 0.15) is 27.8 Å². The van der Waals surface area contributed by atoms with Gasteiger partial charge in [-0.2, -0.15) is 0 Å². The molecule has 0 saturated heterocycles. The fourth-order valence-electron chi connectivity index (χ4n) is 2.62. The molecule has 0 saturated carbocycles. The molecule has 86 valence electrons. The van der Waals surface area contributed by atoms with Gasteiger partial charge in [0.05, 0.1) is 0 Å². The third-order valence-electron chi connectivity index (χ3n) is 3.75. The molecule has 0 radical (unpaired) electrons. The molecule has 0 amide bonds. The van der Waals surface area contributed by atoms with Crippen LogP contribution in [0.3, 0.4) is 0 Å². The van der Waals surface area contributed by atoms with Gasteiger partial charge in [0.25, 0.3) is 0 Å². The Kier molecular flexibility index (Phi) is 3.31. The third-order valence-corrected chi connectivity index (χ3v) is 6.00. The van der Waals surface area contributed by atoms with Gasteiger partial charge in [0.15, 0.2) is 0 Å². The van der Waals surface area contributed by atoms with Gasteiger partial charge in [0.1, 0.15) is 0 Å². The zero-order valence-electron chi connectivity index (χ0n) is 11.5. The van der Waals surface area contributed by atoms with Gasteiger partial charge >= 0.3 is 95.0 Å². The van der Waals surface area contributed by atoms with Crippen molar-refractivity contribution >= 4 is 12.6 Å². The van der Waals surface area contributed by atoms with Crippen LogP contribution in [0.4, 0.5) is 0 Å². The predicted molar refractivity (Wildman–Crippen MR) is 75.8 cm³/mol. The number of benzene rings is 1. The summed E-state index contributed by atoms with van der Waals surface area (Å²) in [5.74, 6) is 0. The zero-order valence-corrected chi connectivity index (χ0v) is 12.5. The van der Waals surface area contributed by atoms with Crippen LogP contribution in [0.5, 0.6) is 0 Å². The summed E-state index contributed by atoms with van der Waals surface area (Å²) in [4.78, 5) is 0. The van der Waals surface area contributed by atoms with E-state index in [-0.39, 0.29) is 0 Å². The van der Waals surface area contributed by atoms with Crippen LogP contribution < -0.4 is 5.30 Å². The molecule has 0 spiro atoms. The fourth-order valence-corrected chi connectivity index (χ4v) is 5.25. The average molecular weight is 224 g/mol. The molecule has 15 heavy (non-hydrogen) atoms. The summed E-state index contributed by atoms with van der Waals surface area (Å²) < 4.78 is 0. The number of hydrogen-bond acceptors (Lipinski definition) is 0. The third kappa shape index (κ3) is 2.11. The van der Waals surface area contributed by atoms with Crippen molar-refractivity contribution in [2.45, 2.75) is 34.6 Å². The summed E-state index contributed by atoms with van der Waals surface area (Å²) in [7, 11) is -1.21. The molecule has 0 aliphatic heterocycles. The standard InChI is InChI=1S/C14H25P/c1-9-10(2)12(4)14(15(6,7)8)13(5)11(9)3/h15H,1-8H3. The van der Waals surface area contributed by atoms with E-state index in [9.17, 15) is 0 Å². The molecule has 0 heterocycles. The van der Waals surface area contributed by atoms with Crippen LogP contribution in [0.2, 0.25) is 0 Å². The first-order valence-electron chi connectivity index (χ1n) is 5.75. The Balaban J connectivity index is 3.68. The molecule has 1 aromatic rings. The van der Waals surface area contributed by atoms with Gasteiger partial charge in [0, 0.05) is 0 Å². The van der Waals surface area contributed by atoms with Crippen molar-refractivity contribution in [3.05, 3.63) is 27.8 Å². The first-order valence-corrected chi connectivity index (χ1v) is 9.25. The summed E-state index contributed by atoms with van der Waals surface area (Å²) in [6.45, 7) is 18.7. The van der Waals surface area contributed by atoms with Crippen molar-refractivity contribution in [1.29, 1.82) is 0 Å². The summed E-state index contributed by atoms with van der Waals surface area (Å²) >= 11 is 0. The zero-order chi connectivity index (χ0) is 12.0. The van der Waals surface area contributed by atoms with Crippen molar-refractivity contribution in [3.8, 4) is 0 Å². The summed E-state index contributed by atoms with van der Waals surface area (Å²) in [5.41, 5.74) is 7.54. The van der Waals surface area contributed by atoms with E-state index in [1.807, 2.05) is 0 Å². The molecule has 0 aliphatic rings. The van der Waals surface area contributed by atoms with Crippen LogP contribution in [0.15, 0.2) is 0 Å². The first kappa shape index (κ1) is 12.7. The minimum absolute atomic E-state index is 1.21. The summed E-state index contributed by atoms with van der Waals surface area (Å²) in [5, 5.41) is 1.67. The van der Waals surface area contributed by atoms with Crippen LogP contribution in [0.25, 0.3) is 0 Å². The Morgan fingerprint density at radius 3 is 1.07 bits per heavy atom. The SMILES string of the molecule is Cc1c(C)c(C)c([PH](C)(C)C)c(C)c1C. The Morgan fingerprint density at radius 2 is 0.800 bits per heavy atom. The van der Waals surface area contributed by atoms with Gasteiger partial charge in [-0.25, -0.2) is 0 Å². The Morgan fingerprint density at radius 1 is 0.533 bits per heavy atom. The molecule has 0 nitrogen and oxygen atoms in total. The Bertz CT molecular complexity index is 366. The van der Waals surface area contributed by atoms with E-state index in [0.717, 1.165) is 0 Å². The van der Waals surface area contributed by atoms with Gasteiger partial charge in [-0.1, -0.05) is 0 Å². The fraction of sp³-hybridized carbons (Fsp3) is 0.571. The number of rotatable bonds is 1. The van der Waals surface area contributed by atoms with Gasteiger partial charge in [-0.05, 0) is 0 Å². The Labute approximate surface area is 95.4 Å². The maximum atomic E-state index is 2.44. The quantitative estimate of drug-likeness (QED) is 0.641. The normalized spacial score (nSPS) is 13.1. The van der Waals surface area contributed by atoms with Crippen LogP contribution >= 0.6 is 7.26 Å². The molecular weight excluding hydrogens is 199 g/mol. The van der Waals surface area contributed by atoms with Crippen molar-refractivity contribution in [1.82, 2.24) is 0 Å². The van der Waals surface area contributed by atoms with E-state index in [1.165, 1.54) is 27.8 Å². The van der Waals surface area contributed by atoms with Crippen molar-refractivity contribution in [2.75, 3.05) is 20.0 Å². The van der Waals surface area contributed by atoms with E-state index < -0.39 is 7.26 Å².